The van der Waals surface area contributed by atoms with Crippen molar-refractivity contribution in [2.45, 2.75) is 45.1 Å². The lowest BCUT2D eigenvalue weighted by atomic mass is 9.84. The highest BCUT2D eigenvalue weighted by atomic mass is 79.9. The molecule has 20 heavy (non-hydrogen) atoms. The van der Waals surface area contributed by atoms with Crippen LogP contribution in [0, 0.1) is 11.7 Å². The molecular weight excluding hydrogens is 325 g/mol. The van der Waals surface area contributed by atoms with E-state index in [1.807, 2.05) is 0 Å². The van der Waals surface area contributed by atoms with Gasteiger partial charge in [0.2, 0.25) is 0 Å². The zero-order valence-electron chi connectivity index (χ0n) is 11.5. The Balaban J connectivity index is 2.07. The predicted molar refractivity (Wildman–Crippen MR) is 80.7 cm³/mol. The SMILES string of the molecule is CCC1CCC(Nc2ccc(C(=O)O)c(Br)c2F)CC1. The van der Waals surface area contributed by atoms with E-state index in [9.17, 15) is 9.18 Å². The molecule has 0 saturated heterocycles. The molecule has 1 fully saturated rings. The van der Waals surface area contributed by atoms with E-state index in [1.54, 1.807) is 0 Å². The molecule has 1 aromatic carbocycles. The number of hydrogen-bond donors (Lipinski definition) is 2. The first-order chi connectivity index (χ1) is 9.52. The van der Waals surface area contributed by atoms with Crippen LogP contribution in [0.4, 0.5) is 10.1 Å². The quantitative estimate of drug-likeness (QED) is 0.835. The number of hydrogen-bond acceptors (Lipinski definition) is 2. The van der Waals surface area contributed by atoms with E-state index in [0.717, 1.165) is 18.8 Å². The van der Waals surface area contributed by atoms with Crippen LogP contribution in [0.2, 0.25) is 0 Å². The molecule has 1 aliphatic carbocycles. The minimum atomic E-state index is -1.13. The number of carbonyl (C=O) groups is 1. The molecular formula is C15H19BrFNO2. The molecule has 1 saturated carbocycles. The summed E-state index contributed by atoms with van der Waals surface area (Å²) < 4.78 is 14.2. The van der Waals surface area contributed by atoms with E-state index in [2.05, 4.69) is 28.2 Å². The third kappa shape index (κ3) is 3.32. The first-order valence-corrected chi connectivity index (χ1v) is 7.80. The molecule has 2 N–H and O–H groups in total. The number of anilines is 1. The molecule has 0 unspecified atom stereocenters. The molecule has 0 atom stereocenters. The van der Waals surface area contributed by atoms with Crippen molar-refractivity contribution in [1.82, 2.24) is 0 Å². The third-order valence-electron chi connectivity index (χ3n) is 4.10. The van der Waals surface area contributed by atoms with E-state index in [1.165, 1.54) is 31.4 Å². The normalized spacial score (nSPS) is 22.6. The van der Waals surface area contributed by atoms with Crippen LogP contribution < -0.4 is 5.32 Å². The minimum absolute atomic E-state index is 0.0113. The maximum absolute atomic E-state index is 14.1. The standard InChI is InChI=1S/C15H19BrFNO2/c1-2-9-3-5-10(6-4-9)18-12-8-7-11(15(19)20)13(16)14(12)17/h7-10,18H,2-6H2,1H3,(H,19,20). The number of aromatic carboxylic acids is 1. The lowest BCUT2D eigenvalue weighted by molar-refractivity contribution is 0.0695. The molecule has 0 spiro atoms. The summed E-state index contributed by atoms with van der Waals surface area (Å²) in [5.74, 6) is -0.868. The van der Waals surface area contributed by atoms with Crippen molar-refractivity contribution in [3.05, 3.63) is 28.0 Å². The molecule has 1 aromatic rings. The van der Waals surface area contributed by atoms with Gasteiger partial charge >= 0.3 is 5.97 Å². The van der Waals surface area contributed by atoms with Crippen LogP contribution in [-0.4, -0.2) is 17.1 Å². The van der Waals surface area contributed by atoms with Crippen molar-refractivity contribution in [2.75, 3.05) is 5.32 Å². The van der Waals surface area contributed by atoms with Crippen LogP contribution in [-0.2, 0) is 0 Å². The molecule has 2 rings (SSSR count). The van der Waals surface area contributed by atoms with Gasteiger partial charge in [0.05, 0.1) is 15.7 Å². The molecule has 0 amide bonds. The number of benzene rings is 1. The van der Waals surface area contributed by atoms with Crippen molar-refractivity contribution in [3.63, 3.8) is 0 Å². The summed E-state index contributed by atoms with van der Waals surface area (Å²) in [5.41, 5.74) is 0.324. The van der Waals surface area contributed by atoms with Gasteiger partial charge in [0.25, 0.3) is 0 Å². The molecule has 1 aliphatic rings. The monoisotopic (exact) mass is 343 g/mol. The third-order valence-corrected chi connectivity index (χ3v) is 4.87. The Kier molecular flexibility index (Phi) is 5.02. The van der Waals surface area contributed by atoms with Gasteiger partial charge < -0.3 is 10.4 Å². The van der Waals surface area contributed by atoms with Crippen LogP contribution in [0.5, 0.6) is 0 Å². The molecule has 0 radical (unpaired) electrons. The van der Waals surface area contributed by atoms with Crippen LogP contribution >= 0.6 is 15.9 Å². The molecule has 3 nitrogen and oxygen atoms in total. The van der Waals surface area contributed by atoms with Gasteiger partial charge in [0.15, 0.2) is 5.82 Å². The maximum Gasteiger partial charge on any atom is 0.336 e. The van der Waals surface area contributed by atoms with Crippen LogP contribution in [0.25, 0.3) is 0 Å². The van der Waals surface area contributed by atoms with Crippen LogP contribution in [0.3, 0.4) is 0 Å². The molecule has 5 heteroatoms. The zero-order chi connectivity index (χ0) is 14.7. The highest BCUT2D eigenvalue weighted by molar-refractivity contribution is 9.10. The fourth-order valence-electron chi connectivity index (χ4n) is 2.76. The average Bonchev–Trinajstić information content (AvgIpc) is 2.44. The number of carboxylic acid groups (broad SMARTS) is 1. The van der Waals surface area contributed by atoms with Crippen molar-refractivity contribution in [1.29, 1.82) is 0 Å². The van der Waals surface area contributed by atoms with Crippen LogP contribution in [0.1, 0.15) is 49.4 Å². The predicted octanol–water partition coefficient (Wildman–Crippen LogP) is 4.67. The smallest absolute Gasteiger partial charge is 0.336 e. The lowest BCUT2D eigenvalue weighted by Gasteiger charge is -2.29. The second-order valence-electron chi connectivity index (χ2n) is 5.36. The molecule has 0 aliphatic heterocycles. The van der Waals surface area contributed by atoms with E-state index < -0.39 is 11.8 Å². The Labute approximate surface area is 126 Å². The van der Waals surface area contributed by atoms with Crippen molar-refractivity contribution >= 4 is 27.6 Å². The van der Waals surface area contributed by atoms with Gasteiger partial charge in [-0.1, -0.05) is 13.3 Å². The highest BCUT2D eigenvalue weighted by Crippen LogP contribution is 2.31. The summed E-state index contributed by atoms with van der Waals surface area (Å²) in [7, 11) is 0. The van der Waals surface area contributed by atoms with Gasteiger partial charge in [-0.3, -0.25) is 0 Å². The summed E-state index contributed by atoms with van der Waals surface area (Å²) in [6.45, 7) is 2.21. The molecule has 0 heterocycles. The topological polar surface area (TPSA) is 49.3 Å². The number of halogens is 2. The number of rotatable bonds is 4. The van der Waals surface area contributed by atoms with Gasteiger partial charge in [-0.25, -0.2) is 9.18 Å². The summed E-state index contributed by atoms with van der Waals surface area (Å²) in [6.07, 6.45) is 5.63. The van der Waals surface area contributed by atoms with Crippen molar-refractivity contribution < 1.29 is 14.3 Å². The number of carboxylic acids is 1. The Bertz CT molecular complexity index is 499. The highest BCUT2D eigenvalue weighted by Gasteiger charge is 2.22. The van der Waals surface area contributed by atoms with E-state index in [0.29, 0.717) is 5.69 Å². The van der Waals surface area contributed by atoms with Crippen molar-refractivity contribution in [2.24, 2.45) is 5.92 Å². The fraction of sp³-hybridized carbons (Fsp3) is 0.533. The Hall–Kier alpha value is -1.10. The summed E-state index contributed by atoms with van der Waals surface area (Å²) in [6, 6.07) is 3.21. The summed E-state index contributed by atoms with van der Waals surface area (Å²) in [5, 5.41) is 12.1. The zero-order valence-corrected chi connectivity index (χ0v) is 13.0. The minimum Gasteiger partial charge on any atom is -0.478 e. The molecule has 110 valence electrons. The Morgan fingerprint density at radius 2 is 2.05 bits per heavy atom. The second-order valence-corrected chi connectivity index (χ2v) is 6.16. The van der Waals surface area contributed by atoms with E-state index in [-0.39, 0.29) is 16.1 Å². The lowest BCUT2D eigenvalue weighted by Crippen LogP contribution is -2.26. The summed E-state index contributed by atoms with van der Waals surface area (Å²) >= 11 is 3.02. The Morgan fingerprint density at radius 1 is 1.40 bits per heavy atom. The maximum atomic E-state index is 14.1. The average molecular weight is 344 g/mol. The molecule has 0 aromatic heterocycles. The van der Waals surface area contributed by atoms with Gasteiger partial charge in [0.1, 0.15) is 0 Å². The van der Waals surface area contributed by atoms with Gasteiger partial charge in [-0.2, -0.15) is 0 Å². The first kappa shape index (κ1) is 15.3. The summed E-state index contributed by atoms with van der Waals surface area (Å²) in [4.78, 5) is 10.9. The van der Waals surface area contributed by atoms with Gasteiger partial charge in [-0.15, -0.1) is 0 Å². The van der Waals surface area contributed by atoms with Gasteiger partial charge in [-0.05, 0) is 59.7 Å². The first-order valence-electron chi connectivity index (χ1n) is 7.00. The van der Waals surface area contributed by atoms with Crippen molar-refractivity contribution in [3.8, 4) is 0 Å². The van der Waals surface area contributed by atoms with Gasteiger partial charge in [0, 0.05) is 6.04 Å². The van der Waals surface area contributed by atoms with Crippen LogP contribution in [0.15, 0.2) is 16.6 Å². The largest absolute Gasteiger partial charge is 0.478 e. The van der Waals surface area contributed by atoms with E-state index in [4.69, 9.17) is 5.11 Å². The van der Waals surface area contributed by atoms with E-state index >= 15 is 0 Å². The Morgan fingerprint density at radius 3 is 2.60 bits per heavy atom. The number of nitrogens with one attached hydrogen (secondary N) is 1. The second kappa shape index (κ2) is 6.57. The molecule has 0 bridgehead atoms. The fourth-order valence-corrected chi connectivity index (χ4v) is 3.28.